The summed E-state index contributed by atoms with van der Waals surface area (Å²) in [6, 6.07) is 7.26. The molecule has 108 valence electrons. The number of hydrogen-bond acceptors (Lipinski definition) is 2. The van der Waals surface area contributed by atoms with Crippen molar-refractivity contribution in [3.63, 3.8) is 0 Å². The van der Waals surface area contributed by atoms with Gasteiger partial charge in [-0.15, -0.1) is 0 Å². The van der Waals surface area contributed by atoms with Gasteiger partial charge in [0, 0.05) is 5.39 Å². The summed E-state index contributed by atoms with van der Waals surface area (Å²) in [5, 5.41) is 4.40. The van der Waals surface area contributed by atoms with Crippen molar-refractivity contribution in [1.82, 2.24) is 5.32 Å². The predicted molar refractivity (Wildman–Crippen MR) is 79.2 cm³/mol. The van der Waals surface area contributed by atoms with Gasteiger partial charge in [0.1, 0.15) is 5.76 Å². The molecule has 1 heterocycles. The molecular weight excluding hydrogens is 253 g/mol. The summed E-state index contributed by atoms with van der Waals surface area (Å²) >= 11 is 0. The van der Waals surface area contributed by atoms with Crippen molar-refractivity contribution in [2.24, 2.45) is 5.41 Å². The minimum atomic E-state index is -0.277. The van der Waals surface area contributed by atoms with Crippen molar-refractivity contribution in [2.45, 2.75) is 45.6 Å². The molecule has 1 fully saturated rings. The van der Waals surface area contributed by atoms with E-state index in [2.05, 4.69) is 19.2 Å². The standard InChI is InChI=1S/C17H22FNO/c1-3-19-16(17(2)9-4-5-10-17)14-11-12-7-6-8-13(18)15(12)20-14/h6-8,11,16,19H,3-5,9-10H2,1-2H3. The van der Waals surface area contributed by atoms with Crippen LogP contribution in [0.5, 0.6) is 0 Å². The fraction of sp³-hybridized carbons (Fsp3) is 0.529. The van der Waals surface area contributed by atoms with Crippen molar-refractivity contribution in [2.75, 3.05) is 6.54 Å². The fourth-order valence-corrected chi connectivity index (χ4v) is 3.56. The minimum absolute atomic E-state index is 0.168. The van der Waals surface area contributed by atoms with Crippen molar-refractivity contribution in [1.29, 1.82) is 0 Å². The molecule has 20 heavy (non-hydrogen) atoms. The maximum Gasteiger partial charge on any atom is 0.169 e. The lowest BCUT2D eigenvalue weighted by atomic mass is 9.79. The summed E-state index contributed by atoms with van der Waals surface area (Å²) in [4.78, 5) is 0. The topological polar surface area (TPSA) is 25.2 Å². The van der Waals surface area contributed by atoms with Gasteiger partial charge in [0.15, 0.2) is 11.4 Å². The van der Waals surface area contributed by atoms with Crippen LogP contribution in [0.3, 0.4) is 0 Å². The van der Waals surface area contributed by atoms with Gasteiger partial charge < -0.3 is 9.73 Å². The Kier molecular flexibility index (Phi) is 3.55. The minimum Gasteiger partial charge on any atom is -0.456 e. The van der Waals surface area contributed by atoms with Gasteiger partial charge in [-0.25, -0.2) is 4.39 Å². The number of nitrogens with one attached hydrogen (secondary N) is 1. The van der Waals surface area contributed by atoms with Crippen LogP contribution in [-0.2, 0) is 0 Å². The van der Waals surface area contributed by atoms with Gasteiger partial charge in [-0.05, 0) is 36.9 Å². The van der Waals surface area contributed by atoms with Gasteiger partial charge in [0.2, 0.25) is 0 Å². The van der Waals surface area contributed by atoms with Gasteiger partial charge in [0.25, 0.3) is 0 Å². The highest BCUT2D eigenvalue weighted by Gasteiger charge is 2.39. The van der Waals surface area contributed by atoms with Crippen LogP contribution in [0.2, 0.25) is 0 Å². The second kappa shape index (κ2) is 5.21. The zero-order valence-corrected chi connectivity index (χ0v) is 12.2. The average molecular weight is 275 g/mol. The fourth-order valence-electron chi connectivity index (χ4n) is 3.56. The molecule has 1 aliphatic rings. The zero-order valence-electron chi connectivity index (χ0n) is 12.2. The van der Waals surface area contributed by atoms with Crippen LogP contribution in [0.25, 0.3) is 11.0 Å². The smallest absolute Gasteiger partial charge is 0.169 e. The first-order chi connectivity index (χ1) is 9.64. The maximum absolute atomic E-state index is 13.8. The Bertz CT molecular complexity index is 598. The van der Waals surface area contributed by atoms with Crippen molar-refractivity contribution >= 4 is 11.0 Å². The molecule has 0 bridgehead atoms. The molecular formula is C17H22FNO. The van der Waals surface area contributed by atoms with Crippen LogP contribution in [0.1, 0.15) is 51.3 Å². The van der Waals surface area contributed by atoms with Gasteiger partial charge in [-0.3, -0.25) is 0 Å². The molecule has 0 spiro atoms. The van der Waals surface area contributed by atoms with Crippen LogP contribution < -0.4 is 5.32 Å². The molecule has 1 atom stereocenters. The van der Waals surface area contributed by atoms with E-state index in [1.807, 2.05) is 12.1 Å². The Morgan fingerprint density at radius 2 is 2.10 bits per heavy atom. The zero-order chi connectivity index (χ0) is 14.2. The SMILES string of the molecule is CCNC(c1cc2cccc(F)c2o1)C1(C)CCCC1. The Hall–Kier alpha value is -1.35. The maximum atomic E-state index is 13.8. The first-order valence-electron chi connectivity index (χ1n) is 7.55. The molecule has 0 aliphatic heterocycles. The summed E-state index contributed by atoms with van der Waals surface area (Å²) < 4.78 is 19.7. The summed E-state index contributed by atoms with van der Waals surface area (Å²) in [5.41, 5.74) is 0.590. The molecule has 1 aromatic heterocycles. The van der Waals surface area contributed by atoms with Crippen LogP contribution in [-0.4, -0.2) is 6.54 Å². The lowest BCUT2D eigenvalue weighted by Crippen LogP contribution is -2.34. The molecule has 3 rings (SSSR count). The molecule has 2 nitrogen and oxygen atoms in total. The predicted octanol–water partition coefficient (Wildman–Crippen LogP) is 4.80. The number of halogens is 1. The van der Waals surface area contributed by atoms with Gasteiger partial charge in [-0.1, -0.05) is 38.8 Å². The van der Waals surface area contributed by atoms with Gasteiger partial charge in [-0.2, -0.15) is 0 Å². The molecule has 1 aromatic carbocycles. The molecule has 1 N–H and O–H groups in total. The third-order valence-electron chi connectivity index (χ3n) is 4.65. The monoisotopic (exact) mass is 275 g/mol. The normalized spacial score (nSPS) is 19.6. The van der Waals surface area contributed by atoms with E-state index in [-0.39, 0.29) is 17.3 Å². The highest BCUT2D eigenvalue weighted by molar-refractivity contribution is 5.78. The Morgan fingerprint density at radius 1 is 1.35 bits per heavy atom. The van der Waals surface area contributed by atoms with Crippen LogP contribution in [0.4, 0.5) is 4.39 Å². The van der Waals surface area contributed by atoms with Gasteiger partial charge in [0.05, 0.1) is 6.04 Å². The number of para-hydroxylation sites is 1. The van der Waals surface area contributed by atoms with Crippen molar-refractivity contribution < 1.29 is 8.81 Å². The third-order valence-corrected chi connectivity index (χ3v) is 4.65. The lowest BCUT2D eigenvalue weighted by Gasteiger charge is -2.33. The summed E-state index contributed by atoms with van der Waals surface area (Å²) in [6.45, 7) is 5.31. The number of benzene rings is 1. The first kappa shape index (κ1) is 13.6. The van der Waals surface area contributed by atoms with E-state index in [1.54, 1.807) is 6.07 Å². The summed E-state index contributed by atoms with van der Waals surface area (Å²) in [7, 11) is 0. The van der Waals surface area contributed by atoms with Crippen molar-refractivity contribution in [3.8, 4) is 0 Å². The van der Waals surface area contributed by atoms with E-state index in [0.29, 0.717) is 5.58 Å². The molecule has 3 heteroatoms. The van der Waals surface area contributed by atoms with E-state index < -0.39 is 0 Å². The van der Waals surface area contributed by atoms with Crippen LogP contribution >= 0.6 is 0 Å². The van der Waals surface area contributed by atoms with Crippen molar-refractivity contribution in [3.05, 3.63) is 35.8 Å². The highest BCUT2D eigenvalue weighted by atomic mass is 19.1. The lowest BCUT2D eigenvalue weighted by molar-refractivity contribution is 0.201. The highest BCUT2D eigenvalue weighted by Crippen LogP contribution is 2.48. The van der Waals surface area contributed by atoms with Gasteiger partial charge >= 0.3 is 0 Å². The molecule has 1 unspecified atom stereocenters. The first-order valence-corrected chi connectivity index (χ1v) is 7.55. The summed E-state index contributed by atoms with van der Waals surface area (Å²) in [6.07, 6.45) is 4.94. The quantitative estimate of drug-likeness (QED) is 0.866. The molecule has 0 amide bonds. The van der Waals surface area contributed by atoms with E-state index in [4.69, 9.17) is 4.42 Å². The Morgan fingerprint density at radius 3 is 2.75 bits per heavy atom. The second-order valence-corrected chi connectivity index (χ2v) is 6.16. The molecule has 0 saturated heterocycles. The van der Waals surface area contributed by atoms with E-state index >= 15 is 0 Å². The number of fused-ring (bicyclic) bond motifs is 1. The molecule has 1 saturated carbocycles. The molecule has 0 radical (unpaired) electrons. The van der Waals surface area contributed by atoms with E-state index in [0.717, 1.165) is 17.7 Å². The van der Waals surface area contributed by atoms with E-state index in [9.17, 15) is 4.39 Å². The van der Waals surface area contributed by atoms with Crippen LogP contribution in [0, 0.1) is 11.2 Å². The third kappa shape index (κ3) is 2.24. The van der Waals surface area contributed by atoms with Crippen LogP contribution in [0.15, 0.2) is 28.7 Å². The van der Waals surface area contributed by atoms with E-state index in [1.165, 1.54) is 31.7 Å². The second-order valence-electron chi connectivity index (χ2n) is 6.16. The number of rotatable bonds is 4. The Labute approximate surface area is 119 Å². The summed E-state index contributed by atoms with van der Waals surface area (Å²) in [5.74, 6) is 0.594. The average Bonchev–Trinajstić information content (AvgIpc) is 3.04. The Balaban J connectivity index is 2.03. The number of furan rings is 1. The molecule has 1 aliphatic carbocycles. The largest absolute Gasteiger partial charge is 0.456 e. The molecule has 2 aromatic rings. The number of hydrogen-bond donors (Lipinski definition) is 1.